The quantitative estimate of drug-likeness (QED) is 0.218. The third kappa shape index (κ3) is 8.99. The highest BCUT2D eigenvalue weighted by Gasteiger charge is 2.13. The molecule has 6 nitrogen and oxygen atoms in total. The average molecular weight is 519 g/mol. The number of guanidine groups is 1. The molecule has 0 spiro atoms. The highest BCUT2D eigenvalue weighted by molar-refractivity contribution is 14.0. The van der Waals surface area contributed by atoms with E-state index in [0.29, 0.717) is 6.10 Å². The van der Waals surface area contributed by atoms with Gasteiger partial charge in [0.25, 0.3) is 0 Å². The largest absolute Gasteiger partial charge is 0.493 e. The third-order valence-corrected chi connectivity index (χ3v) is 5.27. The molecular weight excluding hydrogens is 481 g/mol. The Morgan fingerprint density at radius 3 is 2.52 bits per heavy atom. The Morgan fingerprint density at radius 1 is 1.14 bits per heavy atom. The second-order valence-electron chi connectivity index (χ2n) is 7.32. The molecular formula is C22H38IN3O3. The van der Waals surface area contributed by atoms with Crippen molar-refractivity contribution in [2.24, 2.45) is 4.99 Å². The number of likely N-dealkylation sites (N-methyl/N-ethyl adjacent to an activating group) is 1. The molecule has 1 N–H and O–H groups in total. The Labute approximate surface area is 193 Å². The first-order valence-corrected chi connectivity index (χ1v) is 10.4. The monoisotopic (exact) mass is 519 g/mol. The molecule has 0 aromatic heterocycles. The van der Waals surface area contributed by atoms with Crippen molar-refractivity contribution in [3.05, 3.63) is 23.8 Å². The predicted octanol–water partition coefficient (Wildman–Crippen LogP) is 4.11. The molecule has 1 aromatic carbocycles. The van der Waals surface area contributed by atoms with E-state index in [0.717, 1.165) is 50.0 Å². The van der Waals surface area contributed by atoms with Crippen molar-refractivity contribution in [3.63, 3.8) is 0 Å². The number of benzene rings is 1. The maximum absolute atomic E-state index is 5.99. The van der Waals surface area contributed by atoms with Gasteiger partial charge in [-0.2, -0.15) is 0 Å². The molecule has 2 rings (SSSR count). The zero-order valence-corrected chi connectivity index (χ0v) is 20.7. The van der Waals surface area contributed by atoms with Crippen LogP contribution in [-0.2, 0) is 11.2 Å². The standard InChI is InChI=1S/C22H37N3O3.HI/c1-23-22(24-14-8-16-28-19-9-6-5-7-10-19)25(2)15-13-18-11-12-20(26-3)21(17-18)27-4;/h11-12,17,19H,5-10,13-16H2,1-4H3,(H,23,24);1H. The molecule has 0 saturated heterocycles. The number of halogens is 1. The zero-order chi connectivity index (χ0) is 20.2. The Bertz CT molecular complexity index is 607. The highest BCUT2D eigenvalue weighted by Crippen LogP contribution is 2.27. The Balaban J connectivity index is 0.00000420. The molecule has 29 heavy (non-hydrogen) atoms. The van der Waals surface area contributed by atoms with Crippen LogP contribution in [0.4, 0.5) is 0 Å². The molecule has 1 aliphatic carbocycles. The normalized spacial score (nSPS) is 14.8. The smallest absolute Gasteiger partial charge is 0.193 e. The lowest BCUT2D eigenvalue weighted by molar-refractivity contribution is 0.0276. The fourth-order valence-corrected chi connectivity index (χ4v) is 3.58. The molecule has 0 amide bonds. The van der Waals surface area contributed by atoms with Crippen molar-refractivity contribution in [3.8, 4) is 11.5 Å². The van der Waals surface area contributed by atoms with Gasteiger partial charge in [-0.15, -0.1) is 24.0 Å². The number of hydrogen-bond donors (Lipinski definition) is 1. The van der Waals surface area contributed by atoms with Gasteiger partial charge in [-0.05, 0) is 43.4 Å². The first-order valence-electron chi connectivity index (χ1n) is 10.4. The van der Waals surface area contributed by atoms with Gasteiger partial charge in [0.1, 0.15) is 0 Å². The van der Waals surface area contributed by atoms with E-state index in [1.807, 2.05) is 19.2 Å². The molecule has 0 bridgehead atoms. The van der Waals surface area contributed by atoms with Gasteiger partial charge in [0.15, 0.2) is 17.5 Å². The number of nitrogens with one attached hydrogen (secondary N) is 1. The molecule has 0 aliphatic heterocycles. The van der Waals surface area contributed by atoms with Crippen LogP contribution in [-0.4, -0.2) is 65.0 Å². The van der Waals surface area contributed by atoms with E-state index in [2.05, 4.69) is 28.3 Å². The first-order chi connectivity index (χ1) is 13.7. The van der Waals surface area contributed by atoms with Crippen LogP contribution in [0.1, 0.15) is 44.1 Å². The Kier molecular flexibility index (Phi) is 13.1. The minimum atomic E-state index is 0. The van der Waals surface area contributed by atoms with Crippen LogP contribution >= 0.6 is 24.0 Å². The van der Waals surface area contributed by atoms with Gasteiger partial charge >= 0.3 is 0 Å². The van der Waals surface area contributed by atoms with E-state index >= 15 is 0 Å². The molecule has 1 fully saturated rings. The van der Waals surface area contributed by atoms with Crippen LogP contribution in [0.25, 0.3) is 0 Å². The SMILES string of the molecule is CN=C(NCCCOC1CCCCC1)N(C)CCc1ccc(OC)c(OC)c1.I. The molecule has 0 radical (unpaired) electrons. The zero-order valence-electron chi connectivity index (χ0n) is 18.4. The van der Waals surface area contributed by atoms with Crippen LogP contribution < -0.4 is 14.8 Å². The topological polar surface area (TPSA) is 55.3 Å². The van der Waals surface area contributed by atoms with Crippen molar-refractivity contribution >= 4 is 29.9 Å². The van der Waals surface area contributed by atoms with Gasteiger partial charge in [0.2, 0.25) is 0 Å². The molecule has 0 heterocycles. The highest BCUT2D eigenvalue weighted by atomic mass is 127. The molecule has 1 aliphatic rings. The summed E-state index contributed by atoms with van der Waals surface area (Å²) in [5, 5.41) is 3.44. The first kappa shape index (κ1) is 25.8. The van der Waals surface area contributed by atoms with Gasteiger partial charge in [-0.1, -0.05) is 25.3 Å². The van der Waals surface area contributed by atoms with Crippen molar-refractivity contribution in [1.29, 1.82) is 0 Å². The number of aliphatic imine (C=N–C) groups is 1. The van der Waals surface area contributed by atoms with Gasteiger partial charge in [0.05, 0.1) is 20.3 Å². The van der Waals surface area contributed by atoms with E-state index in [4.69, 9.17) is 14.2 Å². The van der Waals surface area contributed by atoms with Crippen LogP contribution in [0.15, 0.2) is 23.2 Å². The summed E-state index contributed by atoms with van der Waals surface area (Å²) in [6, 6.07) is 6.06. The summed E-state index contributed by atoms with van der Waals surface area (Å²) in [7, 11) is 7.21. The minimum absolute atomic E-state index is 0. The maximum atomic E-state index is 5.99. The van der Waals surface area contributed by atoms with E-state index in [-0.39, 0.29) is 24.0 Å². The Morgan fingerprint density at radius 2 is 1.86 bits per heavy atom. The maximum Gasteiger partial charge on any atom is 0.193 e. The van der Waals surface area contributed by atoms with E-state index < -0.39 is 0 Å². The number of nitrogens with zero attached hydrogens (tertiary/aromatic N) is 2. The lowest BCUT2D eigenvalue weighted by Gasteiger charge is -2.23. The number of methoxy groups -OCH3 is 2. The van der Waals surface area contributed by atoms with Crippen molar-refractivity contribution in [1.82, 2.24) is 10.2 Å². The molecule has 0 atom stereocenters. The summed E-state index contributed by atoms with van der Waals surface area (Å²) >= 11 is 0. The van der Waals surface area contributed by atoms with Gasteiger partial charge in [-0.3, -0.25) is 4.99 Å². The van der Waals surface area contributed by atoms with Gasteiger partial charge < -0.3 is 24.4 Å². The van der Waals surface area contributed by atoms with E-state index in [1.165, 1.54) is 37.7 Å². The summed E-state index contributed by atoms with van der Waals surface area (Å²) in [4.78, 5) is 6.55. The van der Waals surface area contributed by atoms with Gasteiger partial charge in [0, 0.05) is 33.8 Å². The second-order valence-corrected chi connectivity index (χ2v) is 7.32. The van der Waals surface area contributed by atoms with Crippen molar-refractivity contribution in [2.45, 2.75) is 51.0 Å². The Hall–Kier alpha value is -1.22. The second kappa shape index (κ2) is 14.7. The van der Waals surface area contributed by atoms with Crippen LogP contribution in [0.5, 0.6) is 11.5 Å². The summed E-state index contributed by atoms with van der Waals surface area (Å²) in [5.41, 5.74) is 1.21. The van der Waals surface area contributed by atoms with Crippen LogP contribution in [0.3, 0.4) is 0 Å². The van der Waals surface area contributed by atoms with Crippen molar-refractivity contribution < 1.29 is 14.2 Å². The van der Waals surface area contributed by atoms with E-state index in [9.17, 15) is 0 Å². The number of ether oxygens (including phenoxy) is 3. The summed E-state index contributed by atoms with van der Waals surface area (Å²) in [6.07, 6.45) is 8.86. The summed E-state index contributed by atoms with van der Waals surface area (Å²) in [5.74, 6) is 2.44. The average Bonchev–Trinajstić information content (AvgIpc) is 2.75. The molecule has 166 valence electrons. The lowest BCUT2D eigenvalue weighted by Crippen LogP contribution is -2.40. The fraction of sp³-hybridized carbons (Fsp3) is 0.682. The summed E-state index contributed by atoms with van der Waals surface area (Å²) in [6.45, 7) is 2.57. The molecule has 7 heteroatoms. The third-order valence-electron chi connectivity index (χ3n) is 5.27. The summed E-state index contributed by atoms with van der Waals surface area (Å²) < 4.78 is 16.7. The lowest BCUT2D eigenvalue weighted by atomic mass is 9.98. The number of hydrogen-bond acceptors (Lipinski definition) is 4. The molecule has 0 unspecified atom stereocenters. The van der Waals surface area contributed by atoms with E-state index in [1.54, 1.807) is 14.2 Å². The predicted molar refractivity (Wildman–Crippen MR) is 130 cm³/mol. The van der Waals surface area contributed by atoms with Crippen LogP contribution in [0, 0.1) is 0 Å². The molecule has 1 saturated carbocycles. The van der Waals surface area contributed by atoms with Crippen LogP contribution in [0.2, 0.25) is 0 Å². The molecule has 1 aromatic rings. The minimum Gasteiger partial charge on any atom is -0.493 e. The van der Waals surface area contributed by atoms with Gasteiger partial charge in [-0.25, -0.2) is 0 Å². The number of rotatable bonds is 10. The fourth-order valence-electron chi connectivity index (χ4n) is 3.58. The van der Waals surface area contributed by atoms with Crippen molar-refractivity contribution in [2.75, 3.05) is 48.0 Å².